The second-order valence-corrected chi connectivity index (χ2v) is 8.62. The Labute approximate surface area is 191 Å². The number of fused-ring (bicyclic) bond motifs is 3. The van der Waals surface area contributed by atoms with Crippen molar-refractivity contribution in [1.82, 2.24) is 30.2 Å². The zero-order valence-electron chi connectivity index (χ0n) is 19.3. The van der Waals surface area contributed by atoms with Gasteiger partial charge in [0.1, 0.15) is 23.1 Å². The van der Waals surface area contributed by atoms with Crippen molar-refractivity contribution >= 4 is 27.8 Å². The summed E-state index contributed by atoms with van der Waals surface area (Å²) in [4.78, 5) is 23.0. The Morgan fingerprint density at radius 3 is 2.64 bits per heavy atom. The Morgan fingerprint density at radius 2 is 1.97 bits per heavy atom. The van der Waals surface area contributed by atoms with Gasteiger partial charge >= 0.3 is 6.01 Å². The predicted molar refractivity (Wildman–Crippen MR) is 127 cm³/mol. The number of hydrogen-bond donors (Lipinski definition) is 3. The van der Waals surface area contributed by atoms with Crippen LogP contribution in [0.15, 0.2) is 30.6 Å². The number of aromatic amines is 1. The quantitative estimate of drug-likeness (QED) is 0.432. The fourth-order valence-electron chi connectivity index (χ4n) is 3.91. The van der Waals surface area contributed by atoms with Gasteiger partial charge < -0.3 is 25.7 Å². The van der Waals surface area contributed by atoms with Crippen LogP contribution >= 0.6 is 0 Å². The molecule has 4 aromatic rings. The van der Waals surface area contributed by atoms with Crippen molar-refractivity contribution in [1.29, 1.82) is 0 Å². The zero-order chi connectivity index (χ0) is 23.6. The van der Waals surface area contributed by atoms with E-state index >= 15 is 0 Å². The molecule has 33 heavy (non-hydrogen) atoms. The van der Waals surface area contributed by atoms with E-state index in [2.05, 4.69) is 37.1 Å². The highest BCUT2D eigenvalue weighted by Crippen LogP contribution is 2.38. The van der Waals surface area contributed by atoms with Gasteiger partial charge in [0.05, 0.1) is 17.8 Å². The van der Waals surface area contributed by atoms with Crippen molar-refractivity contribution < 1.29 is 9.13 Å². The zero-order valence-corrected chi connectivity index (χ0v) is 19.3. The Balaban J connectivity index is 0.000000821. The molecule has 5 rings (SSSR count). The molecule has 4 N–H and O–H groups in total. The molecule has 174 valence electrons. The number of halogens is 1. The van der Waals surface area contributed by atoms with Crippen molar-refractivity contribution in [3.05, 3.63) is 42.2 Å². The number of ether oxygens (including phenoxy) is 1. The third kappa shape index (κ3) is 4.71. The molecule has 1 aliphatic heterocycles. The minimum absolute atomic E-state index is 0.000448. The van der Waals surface area contributed by atoms with Gasteiger partial charge in [0.15, 0.2) is 5.75 Å². The van der Waals surface area contributed by atoms with Gasteiger partial charge in [-0.1, -0.05) is 6.92 Å². The Morgan fingerprint density at radius 1 is 1.24 bits per heavy atom. The fraction of sp³-hybridized carbons (Fsp3) is 0.391. The summed E-state index contributed by atoms with van der Waals surface area (Å²) in [6.45, 7) is 6.11. The largest absolute Gasteiger partial charge is 0.421 e. The first-order chi connectivity index (χ1) is 15.9. The van der Waals surface area contributed by atoms with Crippen LogP contribution < -0.4 is 20.7 Å². The summed E-state index contributed by atoms with van der Waals surface area (Å²) in [7, 11) is 3.75. The molecule has 10 heteroatoms. The maximum Gasteiger partial charge on any atom is 0.326 e. The van der Waals surface area contributed by atoms with E-state index in [-0.39, 0.29) is 17.2 Å². The lowest BCUT2D eigenvalue weighted by molar-refractivity contribution is 0.383. The molecule has 1 fully saturated rings. The number of hydrogen-bond acceptors (Lipinski definition) is 8. The number of nitrogens with two attached hydrogens (primary N) is 1. The Kier molecular flexibility index (Phi) is 6.39. The van der Waals surface area contributed by atoms with Crippen LogP contribution in [0.4, 0.5) is 10.2 Å². The monoisotopic (exact) mass is 452 g/mol. The summed E-state index contributed by atoms with van der Waals surface area (Å²) in [6, 6.07) is 4.82. The maximum atomic E-state index is 14.0. The minimum atomic E-state index is -0.306. The van der Waals surface area contributed by atoms with E-state index in [0.717, 1.165) is 35.8 Å². The van der Waals surface area contributed by atoms with Crippen LogP contribution in [0.1, 0.15) is 19.2 Å². The van der Waals surface area contributed by atoms with E-state index in [9.17, 15) is 4.39 Å². The van der Waals surface area contributed by atoms with Gasteiger partial charge in [-0.3, -0.25) is 0 Å². The van der Waals surface area contributed by atoms with Gasteiger partial charge in [-0.25, -0.2) is 14.4 Å². The van der Waals surface area contributed by atoms with Gasteiger partial charge in [-0.05, 0) is 57.6 Å². The standard InChI is InChI=1S/C21H22FN7O.C2H7N/c1-12-24-8-14(9-25-12)30-20-27-18-17(15-7-13(22)3-4-16(15)26-18)19(28-20)29-6-5-21(2,10-23)11-29;1-3-2/h3-4,7-9H,5-6,10-11,23H2,1-2H3,(H,26,27,28);3H,1-2H3. The second kappa shape index (κ2) is 9.24. The summed E-state index contributed by atoms with van der Waals surface area (Å²) < 4.78 is 19.9. The van der Waals surface area contributed by atoms with Gasteiger partial charge in [-0.2, -0.15) is 9.97 Å². The summed E-state index contributed by atoms with van der Waals surface area (Å²) in [5.41, 5.74) is 7.38. The number of aromatic nitrogens is 5. The number of aryl methyl sites for hydroxylation is 1. The molecule has 1 aliphatic rings. The van der Waals surface area contributed by atoms with Crippen LogP contribution in [0.3, 0.4) is 0 Å². The molecule has 1 aromatic carbocycles. The topological polar surface area (TPSA) is 118 Å². The molecule has 0 radical (unpaired) electrons. The first-order valence-electron chi connectivity index (χ1n) is 10.8. The summed E-state index contributed by atoms with van der Waals surface area (Å²) in [5.74, 6) is 1.49. The van der Waals surface area contributed by atoms with Gasteiger partial charge in [0.25, 0.3) is 0 Å². The van der Waals surface area contributed by atoms with Crippen molar-refractivity contribution in [2.24, 2.45) is 11.1 Å². The smallest absolute Gasteiger partial charge is 0.326 e. The third-order valence-corrected chi connectivity index (χ3v) is 5.69. The summed E-state index contributed by atoms with van der Waals surface area (Å²) in [6.07, 6.45) is 4.11. The number of anilines is 1. The molecule has 0 spiro atoms. The van der Waals surface area contributed by atoms with Crippen LogP contribution in [-0.4, -0.2) is 58.6 Å². The van der Waals surface area contributed by atoms with Crippen molar-refractivity contribution in [3.63, 3.8) is 0 Å². The first kappa shape index (κ1) is 22.8. The third-order valence-electron chi connectivity index (χ3n) is 5.69. The fourth-order valence-corrected chi connectivity index (χ4v) is 3.91. The van der Waals surface area contributed by atoms with Gasteiger partial charge in [0.2, 0.25) is 0 Å². The van der Waals surface area contributed by atoms with E-state index < -0.39 is 0 Å². The van der Waals surface area contributed by atoms with Gasteiger partial charge in [0, 0.05) is 24.0 Å². The highest BCUT2D eigenvalue weighted by atomic mass is 19.1. The Hall–Kier alpha value is -3.37. The molecule has 9 nitrogen and oxygen atoms in total. The second-order valence-electron chi connectivity index (χ2n) is 8.62. The molecule has 1 unspecified atom stereocenters. The lowest BCUT2D eigenvalue weighted by Crippen LogP contribution is -2.31. The molecule has 1 saturated heterocycles. The summed E-state index contributed by atoms with van der Waals surface area (Å²) in [5, 5.41) is 4.27. The van der Waals surface area contributed by atoms with Crippen molar-refractivity contribution in [2.75, 3.05) is 38.6 Å². The Bertz CT molecular complexity index is 1260. The van der Waals surface area contributed by atoms with E-state index in [1.54, 1.807) is 25.4 Å². The highest BCUT2D eigenvalue weighted by Gasteiger charge is 2.34. The number of rotatable bonds is 4. The minimum Gasteiger partial charge on any atom is -0.421 e. The van der Waals surface area contributed by atoms with Crippen LogP contribution in [0.5, 0.6) is 11.8 Å². The van der Waals surface area contributed by atoms with Crippen LogP contribution in [-0.2, 0) is 0 Å². The van der Waals surface area contributed by atoms with Crippen LogP contribution in [0.25, 0.3) is 21.9 Å². The molecule has 0 aliphatic carbocycles. The molecule has 4 heterocycles. The van der Waals surface area contributed by atoms with E-state index in [0.29, 0.717) is 29.6 Å². The molecular formula is C23H29FN8O. The molecule has 0 amide bonds. The summed E-state index contributed by atoms with van der Waals surface area (Å²) >= 11 is 0. The van der Waals surface area contributed by atoms with Crippen molar-refractivity contribution in [3.8, 4) is 11.8 Å². The molecule has 3 aromatic heterocycles. The number of H-pyrrole nitrogens is 1. The lowest BCUT2D eigenvalue weighted by atomic mass is 9.90. The van der Waals surface area contributed by atoms with Crippen LogP contribution in [0.2, 0.25) is 0 Å². The molecule has 1 atom stereocenters. The highest BCUT2D eigenvalue weighted by molar-refractivity contribution is 6.11. The predicted octanol–water partition coefficient (Wildman–Crippen LogP) is 3.15. The average Bonchev–Trinajstić information content (AvgIpc) is 3.36. The van der Waals surface area contributed by atoms with Crippen LogP contribution in [0, 0.1) is 18.2 Å². The number of nitrogens with one attached hydrogen (secondary N) is 2. The molecular weight excluding hydrogens is 423 g/mol. The lowest BCUT2D eigenvalue weighted by Gasteiger charge is -2.23. The van der Waals surface area contributed by atoms with E-state index in [4.69, 9.17) is 15.5 Å². The average molecular weight is 453 g/mol. The molecule has 0 bridgehead atoms. The number of benzene rings is 1. The van der Waals surface area contributed by atoms with Crippen molar-refractivity contribution in [2.45, 2.75) is 20.3 Å². The van der Waals surface area contributed by atoms with E-state index in [1.807, 2.05) is 14.1 Å². The van der Waals surface area contributed by atoms with E-state index in [1.165, 1.54) is 12.1 Å². The number of nitrogens with zero attached hydrogens (tertiary/aromatic N) is 5. The maximum absolute atomic E-state index is 14.0. The molecule has 0 saturated carbocycles. The first-order valence-corrected chi connectivity index (χ1v) is 10.8. The SMILES string of the molecule is CNC.Cc1ncc(Oc2nc(N3CCC(C)(CN)C3)c3c(n2)[nH]c2ccc(F)cc23)cn1. The normalized spacial score (nSPS) is 17.9. The van der Waals surface area contributed by atoms with Gasteiger partial charge in [-0.15, -0.1) is 0 Å².